The number of hydrogen-bond donors (Lipinski definition) is 1. The number of likely N-dealkylation sites (tertiary alicyclic amines) is 1. The lowest BCUT2D eigenvalue weighted by Gasteiger charge is -2.26. The summed E-state index contributed by atoms with van der Waals surface area (Å²) in [5, 5.41) is 6.38. The minimum absolute atomic E-state index is 0.0887. The van der Waals surface area contributed by atoms with E-state index in [2.05, 4.69) is 29.5 Å². The quantitative estimate of drug-likeness (QED) is 0.841. The highest BCUT2D eigenvalue weighted by atomic mass is 32.2. The maximum absolute atomic E-state index is 12.6. The second kappa shape index (κ2) is 8.40. The number of benzene rings is 1. The normalized spacial score (nSPS) is 16.7. The van der Waals surface area contributed by atoms with Gasteiger partial charge in [0.15, 0.2) is 5.82 Å². The van der Waals surface area contributed by atoms with Crippen LogP contribution in [0.2, 0.25) is 0 Å². The van der Waals surface area contributed by atoms with Gasteiger partial charge in [-0.25, -0.2) is 0 Å². The Bertz CT molecular complexity index is 790. The second-order valence-corrected chi connectivity index (χ2v) is 7.45. The average molecular weight is 373 g/mol. The van der Waals surface area contributed by atoms with E-state index in [0.29, 0.717) is 17.3 Å². The average Bonchev–Trinajstić information content (AvgIpc) is 3.24. The number of aryl methyl sites for hydroxylation is 2. The smallest absolute Gasteiger partial charge is 0.235 e. The maximum atomic E-state index is 12.6. The number of rotatable bonds is 6. The minimum Gasteiger partial charge on any atom is -0.360 e. The van der Waals surface area contributed by atoms with E-state index in [0.717, 1.165) is 19.4 Å². The Morgan fingerprint density at radius 3 is 2.85 bits per heavy atom. The molecule has 0 bridgehead atoms. The highest BCUT2D eigenvalue weighted by Gasteiger charge is 2.30. The molecule has 1 saturated heterocycles. The zero-order chi connectivity index (χ0) is 18.5. The Kier molecular flexibility index (Phi) is 5.98. The molecule has 1 aromatic heterocycles. The van der Waals surface area contributed by atoms with Gasteiger partial charge in [-0.1, -0.05) is 29.4 Å². The predicted octanol–water partition coefficient (Wildman–Crippen LogP) is 3.33. The van der Waals surface area contributed by atoms with Gasteiger partial charge in [0.2, 0.25) is 11.8 Å². The molecule has 26 heavy (non-hydrogen) atoms. The van der Waals surface area contributed by atoms with Gasteiger partial charge in [-0.15, -0.1) is 11.8 Å². The van der Waals surface area contributed by atoms with E-state index in [-0.39, 0.29) is 23.6 Å². The van der Waals surface area contributed by atoms with Crippen LogP contribution in [-0.4, -0.2) is 39.9 Å². The zero-order valence-corrected chi connectivity index (χ0v) is 15.8. The van der Waals surface area contributed by atoms with E-state index >= 15 is 0 Å². The number of anilines is 1. The summed E-state index contributed by atoms with van der Waals surface area (Å²) in [7, 11) is 0. The summed E-state index contributed by atoms with van der Waals surface area (Å²) >= 11 is 1.32. The van der Waals surface area contributed by atoms with Crippen LogP contribution in [0.4, 0.5) is 5.82 Å². The first-order chi connectivity index (χ1) is 12.5. The molecular formula is C19H23N3O3S. The van der Waals surface area contributed by atoms with Crippen LogP contribution in [0.15, 0.2) is 34.9 Å². The SMILES string of the molecule is Cc1cc(NC(=O)CSCC(=O)N2CCC[C@@H]2c2ccccc2C)no1. The molecule has 0 spiro atoms. The lowest BCUT2D eigenvalue weighted by molar-refractivity contribution is -0.129. The summed E-state index contributed by atoms with van der Waals surface area (Å²) in [6, 6.07) is 10.0. The van der Waals surface area contributed by atoms with Gasteiger partial charge in [-0.3, -0.25) is 9.59 Å². The topological polar surface area (TPSA) is 75.4 Å². The zero-order valence-electron chi connectivity index (χ0n) is 15.0. The van der Waals surface area contributed by atoms with E-state index in [1.165, 1.54) is 22.9 Å². The van der Waals surface area contributed by atoms with Crippen molar-refractivity contribution in [1.29, 1.82) is 0 Å². The number of nitrogens with one attached hydrogen (secondary N) is 1. The fourth-order valence-corrected chi connectivity index (χ4v) is 3.97. The van der Waals surface area contributed by atoms with E-state index in [4.69, 9.17) is 4.52 Å². The molecule has 1 aromatic carbocycles. The number of hydrogen-bond acceptors (Lipinski definition) is 5. The highest BCUT2D eigenvalue weighted by Crippen LogP contribution is 2.34. The van der Waals surface area contributed by atoms with Crippen molar-refractivity contribution in [2.75, 3.05) is 23.4 Å². The molecule has 3 rings (SSSR count). The predicted molar refractivity (Wildman–Crippen MR) is 102 cm³/mol. The van der Waals surface area contributed by atoms with Crippen molar-refractivity contribution in [1.82, 2.24) is 10.1 Å². The van der Waals surface area contributed by atoms with Gasteiger partial charge in [0.05, 0.1) is 17.5 Å². The molecule has 2 amide bonds. The number of carbonyl (C=O) groups is 2. The number of aromatic nitrogens is 1. The summed E-state index contributed by atoms with van der Waals surface area (Å²) in [5.41, 5.74) is 2.44. The molecule has 1 atom stereocenters. The van der Waals surface area contributed by atoms with Gasteiger partial charge in [-0.05, 0) is 37.8 Å². The number of carbonyl (C=O) groups excluding carboxylic acids is 2. The van der Waals surface area contributed by atoms with Gasteiger partial charge >= 0.3 is 0 Å². The van der Waals surface area contributed by atoms with Crippen molar-refractivity contribution in [3.05, 3.63) is 47.2 Å². The van der Waals surface area contributed by atoms with Crippen LogP contribution < -0.4 is 5.32 Å². The van der Waals surface area contributed by atoms with Gasteiger partial charge < -0.3 is 14.7 Å². The van der Waals surface area contributed by atoms with Crippen molar-refractivity contribution in [2.24, 2.45) is 0 Å². The highest BCUT2D eigenvalue weighted by molar-refractivity contribution is 8.00. The summed E-state index contributed by atoms with van der Waals surface area (Å²) in [6.45, 7) is 4.63. The van der Waals surface area contributed by atoms with Crippen LogP contribution in [0.25, 0.3) is 0 Å². The maximum Gasteiger partial charge on any atom is 0.235 e. The summed E-state index contributed by atoms with van der Waals surface area (Å²) in [6.07, 6.45) is 2.01. The van der Waals surface area contributed by atoms with Crippen LogP contribution in [0.1, 0.15) is 35.8 Å². The first-order valence-corrected chi connectivity index (χ1v) is 9.86. The van der Waals surface area contributed by atoms with E-state index < -0.39 is 0 Å². The molecule has 138 valence electrons. The lowest BCUT2D eigenvalue weighted by Crippen LogP contribution is -2.32. The van der Waals surface area contributed by atoms with Gasteiger partial charge in [0.1, 0.15) is 5.76 Å². The Morgan fingerprint density at radius 1 is 1.31 bits per heavy atom. The third kappa shape index (κ3) is 4.46. The van der Waals surface area contributed by atoms with Gasteiger partial charge in [0, 0.05) is 12.6 Å². The summed E-state index contributed by atoms with van der Waals surface area (Å²) in [4.78, 5) is 26.5. The van der Waals surface area contributed by atoms with Crippen LogP contribution >= 0.6 is 11.8 Å². The van der Waals surface area contributed by atoms with Gasteiger partial charge in [-0.2, -0.15) is 0 Å². The monoisotopic (exact) mass is 373 g/mol. The molecule has 1 aliphatic heterocycles. The molecule has 1 aliphatic rings. The Morgan fingerprint density at radius 2 is 2.12 bits per heavy atom. The summed E-state index contributed by atoms with van der Waals surface area (Å²) in [5.74, 6) is 1.45. The van der Waals surface area contributed by atoms with Crippen LogP contribution in [0, 0.1) is 13.8 Å². The molecule has 7 heteroatoms. The standard InChI is InChI=1S/C19H23N3O3S/c1-13-6-3-4-7-15(13)16-8-5-9-22(16)19(24)12-26-11-18(23)20-17-10-14(2)25-21-17/h3-4,6-7,10,16H,5,8-9,11-12H2,1-2H3,(H,20,21,23)/t16-/m1/s1. The minimum atomic E-state index is -0.187. The van der Waals surface area contributed by atoms with Crippen molar-refractivity contribution in [2.45, 2.75) is 32.7 Å². The lowest BCUT2D eigenvalue weighted by atomic mass is 9.99. The van der Waals surface area contributed by atoms with Crippen LogP contribution in [-0.2, 0) is 9.59 Å². The number of thioether (sulfide) groups is 1. The Hall–Kier alpha value is -2.28. The van der Waals surface area contributed by atoms with Crippen molar-refractivity contribution < 1.29 is 14.1 Å². The van der Waals surface area contributed by atoms with Crippen LogP contribution in [0.5, 0.6) is 0 Å². The van der Waals surface area contributed by atoms with E-state index in [9.17, 15) is 9.59 Å². The molecule has 0 aliphatic carbocycles. The Labute approximate surface area is 157 Å². The Balaban J connectivity index is 1.50. The number of nitrogens with zero attached hydrogens (tertiary/aromatic N) is 2. The molecule has 0 radical (unpaired) electrons. The number of amides is 2. The second-order valence-electron chi connectivity index (χ2n) is 6.47. The first kappa shape index (κ1) is 18.5. The van der Waals surface area contributed by atoms with Crippen molar-refractivity contribution >= 4 is 29.4 Å². The fraction of sp³-hybridized carbons (Fsp3) is 0.421. The molecule has 2 heterocycles. The third-order valence-corrected chi connectivity index (χ3v) is 5.39. The van der Waals surface area contributed by atoms with Crippen molar-refractivity contribution in [3.63, 3.8) is 0 Å². The van der Waals surface area contributed by atoms with Gasteiger partial charge in [0.25, 0.3) is 0 Å². The molecule has 1 fully saturated rings. The molecular weight excluding hydrogens is 350 g/mol. The molecule has 0 saturated carbocycles. The summed E-state index contributed by atoms with van der Waals surface area (Å²) < 4.78 is 4.91. The first-order valence-electron chi connectivity index (χ1n) is 8.70. The molecule has 0 unspecified atom stereocenters. The van der Waals surface area contributed by atoms with E-state index in [1.807, 2.05) is 17.0 Å². The van der Waals surface area contributed by atoms with Crippen molar-refractivity contribution in [3.8, 4) is 0 Å². The molecule has 1 N–H and O–H groups in total. The third-order valence-electron chi connectivity index (χ3n) is 4.47. The molecule has 2 aromatic rings. The molecule has 6 nitrogen and oxygen atoms in total. The van der Waals surface area contributed by atoms with E-state index in [1.54, 1.807) is 13.0 Å². The fourth-order valence-electron chi connectivity index (χ4n) is 3.27. The largest absolute Gasteiger partial charge is 0.360 e. The van der Waals surface area contributed by atoms with Crippen LogP contribution in [0.3, 0.4) is 0 Å².